The van der Waals surface area contributed by atoms with Crippen LogP contribution in [-0.4, -0.2) is 11.5 Å². The molecule has 2 aromatic rings. The van der Waals surface area contributed by atoms with Crippen LogP contribution >= 0.6 is 0 Å². The summed E-state index contributed by atoms with van der Waals surface area (Å²) in [7, 11) is 0. The largest absolute Gasteiger partial charge is 0.370 e. The third-order valence-corrected chi connectivity index (χ3v) is 3.17. The van der Waals surface area contributed by atoms with E-state index in [0.717, 1.165) is 23.8 Å². The predicted octanol–water partition coefficient (Wildman–Crippen LogP) is 3.37. The molecule has 1 aliphatic rings. The maximum atomic E-state index is 4.66. The van der Waals surface area contributed by atoms with Crippen LogP contribution < -0.4 is 5.32 Å². The number of benzene rings is 1. The van der Waals surface area contributed by atoms with Crippen molar-refractivity contribution in [3.05, 3.63) is 35.9 Å². The topological polar surface area (TPSA) is 24.9 Å². The van der Waals surface area contributed by atoms with Gasteiger partial charge >= 0.3 is 0 Å². The summed E-state index contributed by atoms with van der Waals surface area (Å²) < 4.78 is 0. The fraction of sp³-hybridized carbons (Fsp3) is 0.357. The van der Waals surface area contributed by atoms with E-state index >= 15 is 0 Å². The average molecular weight is 212 g/mol. The lowest BCUT2D eigenvalue weighted by Gasteiger charge is -2.09. The van der Waals surface area contributed by atoms with Gasteiger partial charge in [0.25, 0.3) is 0 Å². The molecule has 1 fully saturated rings. The number of pyridine rings is 1. The quantitative estimate of drug-likeness (QED) is 0.843. The minimum Gasteiger partial charge on any atom is -0.370 e. The molecule has 2 nitrogen and oxygen atoms in total. The second-order valence-corrected chi connectivity index (χ2v) is 4.67. The Labute approximate surface area is 95.7 Å². The second-order valence-electron chi connectivity index (χ2n) is 4.67. The first-order chi connectivity index (χ1) is 7.83. The Morgan fingerprint density at radius 3 is 2.94 bits per heavy atom. The van der Waals surface area contributed by atoms with E-state index < -0.39 is 0 Å². The first kappa shape index (κ1) is 9.64. The first-order valence-corrected chi connectivity index (χ1v) is 5.93. The van der Waals surface area contributed by atoms with Crippen LogP contribution in [-0.2, 0) is 0 Å². The van der Waals surface area contributed by atoms with E-state index in [4.69, 9.17) is 0 Å². The molecule has 1 saturated carbocycles. The van der Waals surface area contributed by atoms with E-state index in [1.165, 1.54) is 23.8 Å². The van der Waals surface area contributed by atoms with Gasteiger partial charge in [0, 0.05) is 11.9 Å². The van der Waals surface area contributed by atoms with E-state index in [2.05, 4.69) is 41.5 Å². The van der Waals surface area contributed by atoms with Crippen LogP contribution in [0.15, 0.2) is 30.3 Å². The zero-order chi connectivity index (χ0) is 11.0. The van der Waals surface area contributed by atoms with E-state index in [1.807, 2.05) is 6.07 Å². The summed E-state index contributed by atoms with van der Waals surface area (Å²) in [6.07, 6.45) is 2.75. The number of fused-ring (bicyclic) bond motifs is 1. The summed E-state index contributed by atoms with van der Waals surface area (Å²) >= 11 is 0. The molecule has 0 amide bonds. The fourth-order valence-electron chi connectivity index (χ4n) is 1.96. The number of hydrogen-bond acceptors (Lipinski definition) is 2. The molecule has 0 atom stereocenters. The molecule has 1 aromatic carbocycles. The van der Waals surface area contributed by atoms with Gasteiger partial charge in [0.1, 0.15) is 5.82 Å². The summed E-state index contributed by atoms with van der Waals surface area (Å²) in [5.74, 6) is 1.93. The van der Waals surface area contributed by atoms with Crippen molar-refractivity contribution in [2.45, 2.75) is 19.8 Å². The van der Waals surface area contributed by atoms with Gasteiger partial charge in [-0.3, -0.25) is 0 Å². The molecule has 82 valence electrons. The molecule has 1 heterocycles. The molecule has 0 radical (unpaired) electrons. The van der Waals surface area contributed by atoms with Crippen LogP contribution in [0.5, 0.6) is 0 Å². The molecule has 0 unspecified atom stereocenters. The normalized spacial score (nSPS) is 15.3. The Morgan fingerprint density at radius 1 is 1.31 bits per heavy atom. The van der Waals surface area contributed by atoms with Crippen molar-refractivity contribution in [2.24, 2.45) is 5.92 Å². The molecule has 3 rings (SSSR count). The zero-order valence-electron chi connectivity index (χ0n) is 9.53. The smallest absolute Gasteiger partial charge is 0.129 e. The Balaban J connectivity index is 1.93. The molecular weight excluding hydrogens is 196 g/mol. The number of aryl methyl sites for hydroxylation is 1. The number of hydrogen-bond donors (Lipinski definition) is 1. The van der Waals surface area contributed by atoms with Crippen LogP contribution in [0.4, 0.5) is 5.82 Å². The highest BCUT2D eigenvalue weighted by molar-refractivity contribution is 5.81. The summed E-state index contributed by atoms with van der Waals surface area (Å²) in [5.41, 5.74) is 2.31. The third-order valence-electron chi connectivity index (χ3n) is 3.17. The second kappa shape index (κ2) is 3.78. The zero-order valence-corrected chi connectivity index (χ0v) is 9.53. The molecule has 0 bridgehead atoms. The molecule has 0 spiro atoms. The third kappa shape index (κ3) is 1.87. The van der Waals surface area contributed by atoms with E-state index in [1.54, 1.807) is 0 Å². The van der Waals surface area contributed by atoms with Gasteiger partial charge in [-0.1, -0.05) is 18.2 Å². The van der Waals surface area contributed by atoms with Crippen molar-refractivity contribution in [3.8, 4) is 0 Å². The number of para-hydroxylation sites is 1. The van der Waals surface area contributed by atoms with Gasteiger partial charge in [-0.15, -0.1) is 0 Å². The van der Waals surface area contributed by atoms with Crippen LogP contribution in [0.1, 0.15) is 18.4 Å². The maximum Gasteiger partial charge on any atom is 0.129 e. The monoisotopic (exact) mass is 212 g/mol. The first-order valence-electron chi connectivity index (χ1n) is 5.93. The van der Waals surface area contributed by atoms with Gasteiger partial charge in [-0.25, -0.2) is 4.98 Å². The lowest BCUT2D eigenvalue weighted by molar-refractivity contribution is 0.882. The van der Waals surface area contributed by atoms with Gasteiger partial charge in [-0.2, -0.15) is 0 Å². The minimum absolute atomic E-state index is 0.882. The molecule has 1 aliphatic carbocycles. The maximum absolute atomic E-state index is 4.66. The molecule has 1 N–H and O–H groups in total. The van der Waals surface area contributed by atoms with Crippen LogP contribution in [0.2, 0.25) is 0 Å². The minimum atomic E-state index is 0.882. The number of nitrogens with zero attached hydrogens (tertiary/aromatic N) is 1. The van der Waals surface area contributed by atoms with Crippen molar-refractivity contribution < 1.29 is 0 Å². The summed E-state index contributed by atoms with van der Waals surface area (Å²) in [6.45, 7) is 3.20. The average Bonchev–Trinajstić information content (AvgIpc) is 3.10. The van der Waals surface area contributed by atoms with Crippen molar-refractivity contribution in [3.63, 3.8) is 0 Å². The van der Waals surface area contributed by atoms with E-state index in [-0.39, 0.29) is 0 Å². The van der Waals surface area contributed by atoms with Gasteiger partial charge < -0.3 is 5.32 Å². The number of aromatic nitrogens is 1. The molecule has 1 aromatic heterocycles. The molecule has 16 heavy (non-hydrogen) atoms. The molecule has 0 aliphatic heterocycles. The predicted molar refractivity (Wildman–Crippen MR) is 67.7 cm³/mol. The lowest BCUT2D eigenvalue weighted by Crippen LogP contribution is -2.06. The Morgan fingerprint density at radius 2 is 2.12 bits per heavy atom. The van der Waals surface area contributed by atoms with Crippen molar-refractivity contribution in [1.29, 1.82) is 0 Å². The Kier molecular flexibility index (Phi) is 2.28. The molecule has 0 saturated heterocycles. The standard InChI is InChI=1S/C14H16N2/c1-10-8-12-4-2-3-5-13(12)16-14(10)15-9-11-6-7-11/h2-5,8,11H,6-7,9H2,1H3,(H,15,16). The molecular formula is C14H16N2. The van der Waals surface area contributed by atoms with Gasteiger partial charge in [0.15, 0.2) is 0 Å². The van der Waals surface area contributed by atoms with Crippen LogP contribution in [0, 0.1) is 12.8 Å². The Bertz CT molecular complexity index is 515. The highest BCUT2D eigenvalue weighted by Crippen LogP contribution is 2.29. The summed E-state index contributed by atoms with van der Waals surface area (Å²) in [4.78, 5) is 4.66. The van der Waals surface area contributed by atoms with Crippen molar-refractivity contribution in [2.75, 3.05) is 11.9 Å². The van der Waals surface area contributed by atoms with E-state index in [0.29, 0.717) is 0 Å². The Hall–Kier alpha value is -1.57. The van der Waals surface area contributed by atoms with Gasteiger partial charge in [0.05, 0.1) is 5.52 Å². The number of nitrogens with one attached hydrogen (secondary N) is 1. The van der Waals surface area contributed by atoms with E-state index in [9.17, 15) is 0 Å². The van der Waals surface area contributed by atoms with Gasteiger partial charge in [-0.05, 0) is 43.4 Å². The summed E-state index contributed by atoms with van der Waals surface area (Å²) in [6, 6.07) is 10.5. The van der Waals surface area contributed by atoms with Crippen molar-refractivity contribution in [1.82, 2.24) is 4.98 Å². The summed E-state index contributed by atoms with van der Waals surface area (Å²) in [5, 5.41) is 4.68. The SMILES string of the molecule is Cc1cc2ccccc2nc1NCC1CC1. The fourth-order valence-corrected chi connectivity index (χ4v) is 1.96. The number of anilines is 1. The highest BCUT2D eigenvalue weighted by Gasteiger charge is 2.21. The van der Waals surface area contributed by atoms with Crippen LogP contribution in [0.25, 0.3) is 10.9 Å². The number of rotatable bonds is 3. The lowest BCUT2D eigenvalue weighted by atomic mass is 10.1. The highest BCUT2D eigenvalue weighted by atomic mass is 15.0. The van der Waals surface area contributed by atoms with Crippen molar-refractivity contribution >= 4 is 16.7 Å². The molecule has 2 heteroatoms. The van der Waals surface area contributed by atoms with Crippen LogP contribution in [0.3, 0.4) is 0 Å². The van der Waals surface area contributed by atoms with Gasteiger partial charge in [0.2, 0.25) is 0 Å².